The maximum Gasteiger partial charge on any atom is 0.240 e. The molecule has 0 radical (unpaired) electrons. The lowest BCUT2D eigenvalue weighted by Crippen LogP contribution is -2.55. The van der Waals surface area contributed by atoms with Gasteiger partial charge in [-0.3, -0.25) is 4.79 Å². The van der Waals surface area contributed by atoms with E-state index in [0.29, 0.717) is 25.2 Å². The summed E-state index contributed by atoms with van der Waals surface area (Å²) in [5.74, 6) is 0.188. The van der Waals surface area contributed by atoms with Crippen LogP contribution in [0.5, 0.6) is 0 Å². The summed E-state index contributed by atoms with van der Waals surface area (Å²) in [6, 6.07) is 13.2. The molecule has 3 N–H and O–H groups in total. The quantitative estimate of drug-likeness (QED) is 0.321. The molecule has 4 rings (SSSR count). The minimum Gasteiger partial charge on any atom is -0.456 e. The Hall–Kier alpha value is -2.64. The molecule has 1 amide bonds. The maximum atomic E-state index is 12.4. The smallest absolute Gasteiger partial charge is 0.240 e. The fourth-order valence-electron chi connectivity index (χ4n) is 4.21. The standard InChI is InChI=1S/C21H22N2O3.C6H12OS/c22-21(9-3-4-10-21)20(25)23-15(13-24)11-14-7-8-17-16-5-1-2-6-18(16)26-19(17)12-14;1-3-5(2)6(8)4-7/h1-2,5-8,12-13,15H,3-4,9-11,22H2,(H,23,25);4-6,8H,3H2,1-2H3/t;5-,6?/m.0/s1. The van der Waals surface area contributed by atoms with Gasteiger partial charge in [0.2, 0.25) is 5.91 Å². The van der Waals surface area contributed by atoms with Gasteiger partial charge in [0, 0.05) is 10.8 Å². The van der Waals surface area contributed by atoms with Crippen molar-refractivity contribution in [3.63, 3.8) is 0 Å². The van der Waals surface area contributed by atoms with E-state index in [4.69, 9.17) is 10.2 Å². The highest BCUT2D eigenvalue weighted by Crippen LogP contribution is 2.30. The van der Waals surface area contributed by atoms with Gasteiger partial charge >= 0.3 is 0 Å². The molecule has 0 saturated heterocycles. The van der Waals surface area contributed by atoms with Crippen molar-refractivity contribution in [3.8, 4) is 0 Å². The summed E-state index contributed by atoms with van der Waals surface area (Å²) in [6.45, 7) is 4.07. The molecule has 1 aliphatic carbocycles. The maximum absolute atomic E-state index is 12.4. The Morgan fingerprint density at radius 2 is 1.79 bits per heavy atom. The van der Waals surface area contributed by atoms with Crippen molar-refractivity contribution < 1.29 is 18.8 Å². The lowest BCUT2D eigenvalue weighted by Gasteiger charge is -2.24. The van der Waals surface area contributed by atoms with Crippen molar-refractivity contribution in [3.05, 3.63) is 48.0 Å². The monoisotopic (exact) mass is 482 g/mol. The first-order valence-corrected chi connectivity index (χ1v) is 12.4. The third-order valence-electron chi connectivity index (χ3n) is 6.69. The second kappa shape index (κ2) is 11.7. The molecule has 1 aromatic heterocycles. The minimum absolute atomic E-state index is 0.0694. The van der Waals surface area contributed by atoms with Crippen molar-refractivity contribution in [2.75, 3.05) is 0 Å². The zero-order valence-corrected chi connectivity index (χ0v) is 20.7. The Kier molecular flexibility index (Phi) is 8.91. The van der Waals surface area contributed by atoms with Crippen LogP contribution in [-0.2, 0) is 20.8 Å². The number of para-hydroxylation sites is 1. The van der Waals surface area contributed by atoms with Crippen LogP contribution in [0.25, 0.3) is 21.9 Å². The first kappa shape index (κ1) is 26.0. The lowest BCUT2D eigenvalue weighted by atomic mass is 9.97. The van der Waals surface area contributed by atoms with Crippen molar-refractivity contribution in [2.24, 2.45) is 11.7 Å². The van der Waals surface area contributed by atoms with Gasteiger partial charge in [0.15, 0.2) is 0 Å². The fraction of sp³-hybridized carbons (Fsp3) is 0.444. The average molecular weight is 483 g/mol. The summed E-state index contributed by atoms with van der Waals surface area (Å²) >= 11 is 4.04. The van der Waals surface area contributed by atoms with Crippen LogP contribution >= 0.6 is 12.6 Å². The van der Waals surface area contributed by atoms with Crippen LogP contribution in [0.15, 0.2) is 46.9 Å². The third-order valence-corrected chi connectivity index (χ3v) is 7.32. The number of benzene rings is 2. The van der Waals surface area contributed by atoms with Gasteiger partial charge in [0.1, 0.15) is 23.7 Å². The number of carbonyl (C=O) groups is 3. The molecule has 3 aromatic rings. The molecule has 1 fully saturated rings. The fourth-order valence-corrected chi connectivity index (χ4v) is 4.42. The topological polar surface area (TPSA) is 102 Å². The van der Waals surface area contributed by atoms with Crippen LogP contribution < -0.4 is 11.1 Å². The number of carbonyl (C=O) groups excluding carboxylic acids is 3. The lowest BCUT2D eigenvalue weighted by molar-refractivity contribution is -0.128. The van der Waals surface area contributed by atoms with Crippen LogP contribution in [0.2, 0.25) is 0 Å². The molecular weight excluding hydrogens is 448 g/mol. The van der Waals surface area contributed by atoms with Gasteiger partial charge in [-0.05, 0) is 42.9 Å². The van der Waals surface area contributed by atoms with Gasteiger partial charge in [-0.1, -0.05) is 63.4 Å². The van der Waals surface area contributed by atoms with Crippen LogP contribution in [0.4, 0.5) is 0 Å². The molecular formula is C27H34N2O4S. The summed E-state index contributed by atoms with van der Waals surface area (Å²) in [7, 11) is 0. The highest BCUT2D eigenvalue weighted by Gasteiger charge is 2.37. The second-order valence-corrected chi connectivity index (χ2v) is 9.82. The molecule has 7 heteroatoms. The van der Waals surface area contributed by atoms with Gasteiger partial charge in [-0.2, -0.15) is 12.6 Å². The highest BCUT2D eigenvalue weighted by molar-refractivity contribution is 7.81. The van der Waals surface area contributed by atoms with Gasteiger partial charge in [-0.25, -0.2) is 0 Å². The molecule has 34 heavy (non-hydrogen) atoms. The molecule has 0 aliphatic heterocycles. The van der Waals surface area contributed by atoms with Crippen LogP contribution in [0, 0.1) is 5.92 Å². The summed E-state index contributed by atoms with van der Waals surface area (Å²) < 4.78 is 5.89. The Morgan fingerprint density at radius 3 is 2.41 bits per heavy atom. The first-order chi connectivity index (χ1) is 16.3. The minimum atomic E-state index is -0.829. The van der Waals surface area contributed by atoms with Crippen LogP contribution in [0.1, 0.15) is 51.5 Å². The number of thiol groups is 1. The van der Waals surface area contributed by atoms with E-state index in [1.807, 2.05) is 49.4 Å². The SMILES string of the molecule is CC[C@H](C)C(S)C=O.NC1(C(=O)NC(C=O)Cc2ccc3c(c2)oc2ccccc23)CCCC1. The molecule has 1 heterocycles. The molecule has 2 unspecified atom stereocenters. The summed E-state index contributed by atoms with van der Waals surface area (Å²) in [5.41, 5.74) is 7.90. The highest BCUT2D eigenvalue weighted by atomic mass is 32.1. The molecule has 2 aromatic carbocycles. The van der Waals surface area contributed by atoms with E-state index in [1.54, 1.807) is 0 Å². The Morgan fingerprint density at radius 1 is 1.12 bits per heavy atom. The Labute approximate surface area is 206 Å². The normalized spacial score (nSPS) is 17.4. The van der Waals surface area contributed by atoms with Crippen molar-refractivity contribution >= 4 is 53.0 Å². The van der Waals surface area contributed by atoms with Crippen molar-refractivity contribution in [2.45, 2.75) is 69.2 Å². The number of nitrogens with one attached hydrogen (secondary N) is 1. The average Bonchev–Trinajstić information content (AvgIpc) is 3.46. The summed E-state index contributed by atoms with van der Waals surface area (Å²) in [5, 5.41) is 4.85. The molecule has 182 valence electrons. The third kappa shape index (κ3) is 6.07. The largest absolute Gasteiger partial charge is 0.456 e. The Bertz CT molecular complexity index is 1140. The number of amides is 1. The van der Waals surface area contributed by atoms with E-state index in [9.17, 15) is 14.4 Å². The summed E-state index contributed by atoms with van der Waals surface area (Å²) in [4.78, 5) is 34.0. The number of rotatable bonds is 8. The van der Waals surface area contributed by atoms with Crippen molar-refractivity contribution in [1.29, 1.82) is 0 Å². The number of nitrogens with two attached hydrogens (primary N) is 1. The van der Waals surface area contributed by atoms with E-state index in [0.717, 1.165) is 59.3 Å². The first-order valence-electron chi connectivity index (χ1n) is 11.9. The van der Waals surface area contributed by atoms with Gasteiger partial charge in [0.25, 0.3) is 0 Å². The van der Waals surface area contributed by atoms with Crippen LogP contribution in [0.3, 0.4) is 0 Å². The zero-order valence-electron chi connectivity index (χ0n) is 19.8. The number of hydrogen-bond donors (Lipinski definition) is 3. The zero-order chi connectivity index (χ0) is 24.7. The van der Waals surface area contributed by atoms with E-state index < -0.39 is 11.6 Å². The van der Waals surface area contributed by atoms with Crippen molar-refractivity contribution in [1.82, 2.24) is 5.32 Å². The number of fused-ring (bicyclic) bond motifs is 3. The van der Waals surface area contributed by atoms with E-state index >= 15 is 0 Å². The van der Waals surface area contributed by atoms with E-state index in [1.165, 1.54) is 0 Å². The summed E-state index contributed by atoms with van der Waals surface area (Å²) in [6.07, 6.45) is 6.36. The molecule has 6 nitrogen and oxygen atoms in total. The number of aldehydes is 2. The molecule has 0 bridgehead atoms. The van der Waals surface area contributed by atoms with Gasteiger partial charge in [-0.15, -0.1) is 0 Å². The Balaban J connectivity index is 0.000000350. The second-order valence-electron chi connectivity index (χ2n) is 9.22. The predicted octanol–water partition coefficient (Wildman–Crippen LogP) is 4.61. The van der Waals surface area contributed by atoms with Gasteiger partial charge in [0.05, 0.1) is 16.8 Å². The van der Waals surface area contributed by atoms with E-state index in [-0.39, 0.29) is 11.2 Å². The van der Waals surface area contributed by atoms with E-state index in [2.05, 4.69) is 24.9 Å². The predicted molar refractivity (Wildman–Crippen MR) is 139 cm³/mol. The number of hydrogen-bond acceptors (Lipinski definition) is 6. The van der Waals surface area contributed by atoms with Gasteiger partial charge < -0.3 is 25.1 Å². The molecule has 1 aliphatic rings. The molecule has 0 spiro atoms. The molecule has 3 atom stereocenters. The number of furan rings is 1. The molecule has 1 saturated carbocycles. The van der Waals surface area contributed by atoms with Crippen LogP contribution in [-0.4, -0.2) is 35.3 Å².